The van der Waals surface area contributed by atoms with E-state index in [0.717, 1.165) is 10.9 Å². The molecule has 0 aromatic heterocycles. The van der Waals surface area contributed by atoms with E-state index in [4.69, 9.17) is 4.74 Å². The van der Waals surface area contributed by atoms with Gasteiger partial charge in [-0.05, 0) is 23.3 Å². The van der Waals surface area contributed by atoms with Crippen LogP contribution in [0.5, 0.6) is 0 Å². The maximum Gasteiger partial charge on any atom is 0.0864 e. The maximum atomic E-state index is 5.24. The molecule has 1 nitrogen and oxygen atoms in total. The molecule has 2 rings (SSSR count). The summed E-state index contributed by atoms with van der Waals surface area (Å²) < 4.78 is 6.40. The van der Waals surface area contributed by atoms with E-state index in [0.29, 0.717) is 6.10 Å². The first-order valence-corrected chi connectivity index (χ1v) is 4.41. The third kappa shape index (κ3) is 1.10. The number of benzene rings is 1. The van der Waals surface area contributed by atoms with Crippen LogP contribution in [0, 0.1) is 0 Å². The highest BCUT2D eigenvalue weighted by Gasteiger charge is 2.25. The Balaban J connectivity index is 2.35. The van der Waals surface area contributed by atoms with Crippen molar-refractivity contribution < 1.29 is 4.74 Å². The first-order valence-electron chi connectivity index (χ1n) is 3.62. The SMILES string of the molecule is COC1Cc2cc(Br)ccc21. The van der Waals surface area contributed by atoms with Gasteiger partial charge in [0, 0.05) is 18.0 Å². The summed E-state index contributed by atoms with van der Waals surface area (Å²) in [5.74, 6) is 0. The van der Waals surface area contributed by atoms with Crippen LogP contribution in [0.1, 0.15) is 17.2 Å². The molecule has 0 saturated heterocycles. The molecular weight excluding hydrogens is 204 g/mol. The zero-order valence-electron chi connectivity index (χ0n) is 6.30. The van der Waals surface area contributed by atoms with Gasteiger partial charge < -0.3 is 4.74 Å². The third-order valence-electron chi connectivity index (χ3n) is 2.14. The third-order valence-corrected chi connectivity index (χ3v) is 2.63. The molecule has 1 atom stereocenters. The Morgan fingerprint density at radius 3 is 3.00 bits per heavy atom. The molecule has 2 heteroatoms. The van der Waals surface area contributed by atoms with Crippen molar-refractivity contribution in [2.45, 2.75) is 12.5 Å². The van der Waals surface area contributed by atoms with Gasteiger partial charge in [-0.1, -0.05) is 22.0 Å². The van der Waals surface area contributed by atoms with Gasteiger partial charge in [0.05, 0.1) is 6.10 Å². The molecule has 0 aliphatic heterocycles. The van der Waals surface area contributed by atoms with E-state index in [2.05, 4.69) is 34.1 Å². The summed E-state index contributed by atoms with van der Waals surface area (Å²) in [5.41, 5.74) is 2.75. The molecule has 0 fully saturated rings. The smallest absolute Gasteiger partial charge is 0.0864 e. The molecule has 1 aromatic carbocycles. The Morgan fingerprint density at radius 2 is 2.36 bits per heavy atom. The van der Waals surface area contributed by atoms with Crippen molar-refractivity contribution in [2.75, 3.05) is 7.11 Å². The highest BCUT2D eigenvalue weighted by Crippen LogP contribution is 2.36. The van der Waals surface area contributed by atoms with Crippen molar-refractivity contribution in [1.29, 1.82) is 0 Å². The minimum atomic E-state index is 0.345. The molecule has 11 heavy (non-hydrogen) atoms. The van der Waals surface area contributed by atoms with Crippen LogP contribution in [0.25, 0.3) is 0 Å². The number of methoxy groups -OCH3 is 1. The van der Waals surface area contributed by atoms with Crippen molar-refractivity contribution in [1.82, 2.24) is 0 Å². The molecule has 0 radical (unpaired) electrons. The molecule has 0 heterocycles. The minimum Gasteiger partial charge on any atom is -0.376 e. The van der Waals surface area contributed by atoms with Gasteiger partial charge in [-0.2, -0.15) is 0 Å². The van der Waals surface area contributed by atoms with Gasteiger partial charge in [-0.15, -0.1) is 0 Å². The van der Waals surface area contributed by atoms with Crippen LogP contribution in [0.3, 0.4) is 0 Å². The van der Waals surface area contributed by atoms with Crippen molar-refractivity contribution in [3.8, 4) is 0 Å². The van der Waals surface area contributed by atoms with Crippen LogP contribution in [-0.4, -0.2) is 7.11 Å². The van der Waals surface area contributed by atoms with Crippen LogP contribution in [0.15, 0.2) is 22.7 Å². The molecule has 0 N–H and O–H groups in total. The first-order chi connectivity index (χ1) is 5.31. The lowest BCUT2D eigenvalue weighted by Gasteiger charge is -2.28. The number of hydrogen-bond donors (Lipinski definition) is 0. The zero-order chi connectivity index (χ0) is 7.84. The highest BCUT2D eigenvalue weighted by atomic mass is 79.9. The predicted octanol–water partition coefficient (Wildman–Crippen LogP) is 2.69. The average molecular weight is 213 g/mol. The Morgan fingerprint density at radius 1 is 1.55 bits per heavy atom. The lowest BCUT2D eigenvalue weighted by Crippen LogP contribution is -2.18. The van der Waals surface area contributed by atoms with Crippen LogP contribution >= 0.6 is 15.9 Å². The average Bonchev–Trinajstić information content (AvgIpc) is 1.95. The summed E-state index contributed by atoms with van der Waals surface area (Å²) >= 11 is 3.43. The summed E-state index contributed by atoms with van der Waals surface area (Å²) in [6.07, 6.45) is 1.41. The zero-order valence-corrected chi connectivity index (χ0v) is 7.89. The predicted molar refractivity (Wildman–Crippen MR) is 47.6 cm³/mol. The van der Waals surface area contributed by atoms with E-state index >= 15 is 0 Å². The van der Waals surface area contributed by atoms with Crippen LogP contribution in [0.4, 0.5) is 0 Å². The lowest BCUT2D eigenvalue weighted by molar-refractivity contribution is 0.0844. The van der Waals surface area contributed by atoms with Gasteiger partial charge >= 0.3 is 0 Å². The van der Waals surface area contributed by atoms with E-state index < -0.39 is 0 Å². The van der Waals surface area contributed by atoms with Crippen molar-refractivity contribution in [3.63, 3.8) is 0 Å². The van der Waals surface area contributed by atoms with E-state index in [1.165, 1.54) is 11.1 Å². The summed E-state index contributed by atoms with van der Waals surface area (Å²) in [7, 11) is 1.76. The molecule has 0 spiro atoms. The molecule has 1 aromatic rings. The largest absolute Gasteiger partial charge is 0.376 e. The van der Waals surface area contributed by atoms with Gasteiger partial charge in [0.2, 0.25) is 0 Å². The molecule has 1 aliphatic carbocycles. The second kappa shape index (κ2) is 2.61. The Bertz CT molecular complexity index is 283. The summed E-state index contributed by atoms with van der Waals surface area (Å²) in [4.78, 5) is 0. The first kappa shape index (κ1) is 7.32. The van der Waals surface area contributed by atoms with E-state index in [9.17, 15) is 0 Å². The molecule has 1 aliphatic rings. The lowest BCUT2D eigenvalue weighted by atomic mass is 9.86. The Kier molecular flexibility index (Phi) is 1.74. The number of halogens is 1. The van der Waals surface area contributed by atoms with Crippen molar-refractivity contribution in [2.24, 2.45) is 0 Å². The number of fused-ring (bicyclic) bond motifs is 1. The topological polar surface area (TPSA) is 9.23 Å². The van der Waals surface area contributed by atoms with Gasteiger partial charge in [0.15, 0.2) is 0 Å². The number of ether oxygens (including phenoxy) is 1. The van der Waals surface area contributed by atoms with Crippen molar-refractivity contribution in [3.05, 3.63) is 33.8 Å². The minimum absolute atomic E-state index is 0.345. The Hall–Kier alpha value is -0.340. The van der Waals surface area contributed by atoms with Crippen LogP contribution < -0.4 is 0 Å². The van der Waals surface area contributed by atoms with Gasteiger partial charge in [0.1, 0.15) is 0 Å². The fourth-order valence-corrected chi connectivity index (χ4v) is 1.86. The van der Waals surface area contributed by atoms with Gasteiger partial charge in [-0.3, -0.25) is 0 Å². The summed E-state index contributed by atoms with van der Waals surface area (Å²) in [6, 6.07) is 6.34. The highest BCUT2D eigenvalue weighted by molar-refractivity contribution is 9.10. The second-order valence-electron chi connectivity index (χ2n) is 2.77. The summed E-state index contributed by atoms with van der Waals surface area (Å²) in [5, 5.41) is 0. The second-order valence-corrected chi connectivity index (χ2v) is 3.69. The quantitative estimate of drug-likeness (QED) is 0.696. The Labute approximate surface area is 74.5 Å². The molecule has 0 bridgehead atoms. The standard InChI is InChI=1S/C9H9BrO/c1-11-9-5-6-4-7(10)2-3-8(6)9/h2-4,9H,5H2,1H3. The van der Waals surface area contributed by atoms with Gasteiger partial charge in [-0.25, -0.2) is 0 Å². The van der Waals surface area contributed by atoms with E-state index in [1.54, 1.807) is 7.11 Å². The van der Waals surface area contributed by atoms with Crippen LogP contribution in [-0.2, 0) is 11.2 Å². The van der Waals surface area contributed by atoms with Gasteiger partial charge in [0.25, 0.3) is 0 Å². The van der Waals surface area contributed by atoms with Crippen LogP contribution in [0.2, 0.25) is 0 Å². The normalized spacial score (nSPS) is 20.7. The molecule has 1 unspecified atom stereocenters. The fourth-order valence-electron chi connectivity index (χ4n) is 1.45. The summed E-state index contributed by atoms with van der Waals surface area (Å²) in [6.45, 7) is 0. The number of rotatable bonds is 1. The monoisotopic (exact) mass is 212 g/mol. The fraction of sp³-hybridized carbons (Fsp3) is 0.333. The van der Waals surface area contributed by atoms with Crippen molar-refractivity contribution >= 4 is 15.9 Å². The number of hydrogen-bond acceptors (Lipinski definition) is 1. The van der Waals surface area contributed by atoms with E-state index in [1.807, 2.05) is 0 Å². The van der Waals surface area contributed by atoms with E-state index in [-0.39, 0.29) is 0 Å². The molecule has 58 valence electrons. The molecular formula is C9H9BrO. The molecule has 0 saturated carbocycles. The maximum absolute atomic E-state index is 5.24. The molecule has 0 amide bonds.